The largest absolute Gasteiger partial charge is 0.481 e. The van der Waals surface area contributed by atoms with Crippen LogP contribution in [-0.2, 0) is 57.6 Å². The number of likely N-dealkylation sites (tertiary alicyclic amines) is 1. The van der Waals surface area contributed by atoms with E-state index in [-0.39, 0.29) is 48.7 Å². The van der Waals surface area contributed by atoms with Crippen LogP contribution in [0.15, 0.2) is 72.8 Å². The minimum absolute atomic E-state index is 0.00847. The third-order valence-corrected chi connectivity index (χ3v) is 16.8. The van der Waals surface area contributed by atoms with Crippen LogP contribution in [-0.4, -0.2) is 135 Å². The molecule has 430 valence electrons. The van der Waals surface area contributed by atoms with Gasteiger partial charge in [-0.2, -0.15) is 0 Å². The number of rotatable bonds is 20. The molecule has 6 rings (SSSR count). The first-order chi connectivity index (χ1) is 37.1. The van der Waals surface area contributed by atoms with Gasteiger partial charge in [0.15, 0.2) is 0 Å². The zero-order valence-electron chi connectivity index (χ0n) is 48.1. The number of hydrogen-bond acceptors (Lipinski definition) is 11. The minimum Gasteiger partial charge on any atom is -0.481 e. The van der Waals surface area contributed by atoms with Crippen LogP contribution in [0.5, 0.6) is 0 Å². The summed E-state index contributed by atoms with van der Waals surface area (Å²) < 4.78 is 4.24. The topological polar surface area (TPSA) is 245 Å². The Balaban J connectivity index is 1.30. The molecule has 0 saturated carbocycles. The van der Waals surface area contributed by atoms with Gasteiger partial charge in [0.2, 0.25) is 35.4 Å². The SMILES string of the molecule is CN[C@@H](C)C(=O)N[C@H](C(=O)N1C[C@@H](c2ccc(C[C@H](NC(=O)C(NC(=O)[C@H](C)N(C)C(=O)OC(C)(C)C)C(C)(C)SCC(=O)O)C(=O)NC3CCCc4ccccc43)cc2)C[C@H]1C(=O)N[C@@H]1CCCc2ccccc21)C(C)(C)C. The Morgan fingerprint density at radius 2 is 1.28 bits per heavy atom. The number of nitrogens with one attached hydrogen (secondary N) is 6. The smallest absolute Gasteiger partial charge is 0.410 e. The van der Waals surface area contributed by atoms with Crippen LogP contribution in [0, 0.1) is 5.41 Å². The number of carbonyl (C=O) groups excluding carboxylic acids is 7. The van der Waals surface area contributed by atoms with Gasteiger partial charge >= 0.3 is 12.1 Å². The zero-order valence-corrected chi connectivity index (χ0v) is 48.9. The number of nitrogens with zero attached hydrogens (tertiary/aromatic N) is 2. The Morgan fingerprint density at radius 3 is 1.82 bits per heavy atom. The van der Waals surface area contributed by atoms with Crippen molar-refractivity contribution in [2.24, 2.45) is 5.41 Å². The van der Waals surface area contributed by atoms with Crippen molar-refractivity contribution < 1.29 is 48.2 Å². The van der Waals surface area contributed by atoms with Crippen LogP contribution in [0.25, 0.3) is 0 Å². The first-order valence-electron chi connectivity index (χ1n) is 27.6. The van der Waals surface area contributed by atoms with Gasteiger partial charge in [0.05, 0.1) is 23.9 Å². The maximum atomic E-state index is 14.9. The van der Waals surface area contributed by atoms with Crippen molar-refractivity contribution in [3.05, 3.63) is 106 Å². The summed E-state index contributed by atoms with van der Waals surface area (Å²) in [6.45, 7) is 17.4. The molecule has 7 amide bonds. The Kier molecular flexibility index (Phi) is 20.5. The molecule has 2 aliphatic carbocycles. The van der Waals surface area contributed by atoms with Crippen molar-refractivity contribution in [3.63, 3.8) is 0 Å². The summed E-state index contributed by atoms with van der Waals surface area (Å²) in [6, 6.07) is 16.9. The molecule has 0 bridgehead atoms. The van der Waals surface area contributed by atoms with Crippen LogP contribution >= 0.6 is 11.8 Å². The second kappa shape index (κ2) is 26.2. The van der Waals surface area contributed by atoms with E-state index in [0.717, 1.165) is 71.0 Å². The molecule has 7 N–H and O–H groups in total. The lowest BCUT2D eigenvalue weighted by atomic mass is 9.85. The lowest BCUT2D eigenvalue weighted by Crippen LogP contribution is -2.62. The van der Waals surface area contributed by atoms with Crippen molar-refractivity contribution in [2.45, 2.75) is 185 Å². The van der Waals surface area contributed by atoms with Gasteiger partial charge in [-0.1, -0.05) is 93.6 Å². The van der Waals surface area contributed by atoms with Crippen LogP contribution in [0.4, 0.5) is 4.79 Å². The minimum atomic E-state index is -1.39. The standard InChI is InChI=1S/C60H84N8O10S/c1-35(61-11)51(71)66-50(58(3,4)5)56(76)68-33-41(32-47(68)54(74)63-45-26-18-22-40-20-14-16-24-43(40)45)38-29-27-37(28-30-38)31-46(53(73)62-44-25-17-21-39-19-13-15-23-42(39)44)64-55(75)49(60(9,10)79-34-48(69)70)65-52(72)36(2)67(12)57(77)78-59(6,7)8/h13-16,19-20,23-24,27-30,35-36,41,44-47,49-50,61H,17-18,21-22,25-26,31-34H2,1-12H3,(H,62,73)(H,63,74)(H,64,75)(H,65,72)(H,66,71)(H,69,70)/t35-,36-,41-,44?,45+,46-,47-,49?,50+/m0/s1. The van der Waals surface area contributed by atoms with Gasteiger partial charge in [-0.25, -0.2) is 4.79 Å². The van der Waals surface area contributed by atoms with Gasteiger partial charge in [-0.3, -0.25) is 38.5 Å². The first-order valence-corrected chi connectivity index (χ1v) is 28.6. The van der Waals surface area contributed by atoms with E-state index >= 15 is 0 Å². The molecule has 18 nitrogen and oxygen atoms in total. The molecule has 0 aromatic heterocycles. The predicted octanol–water partition coefficient (Wildman–Crippen LogP) is 6.26. The third-order valence-electron chi connectivity index (χ3n) is 15.5. The highest BCUT2D eigenvalue weighted by Gasteiger charge is 2.47. The molecule has 1 aliphatic heterocycles. The average Bonchev–Trinajstić information content (AvgIpc) is 3.87. The number of likely N-dealkylation sites (N-methyl/N-ethyl adjacent to an activating group) is 2. The molecule has 3 aromatic rings. The van der Waals surface area contributed by atoms with Crippen LogP contribution in [0.1, 0.15) is 153 Å². The highest BCUT2D eigenvalue weighted by molar-refractivity contribution is 8.01. The number of carboxylic acids is 1. The Labute approximate surface area is 470 Å². The number of thioether (sulfide) groups is 1. The van der Waals surface area contributed by atoms with E-state index in [2.05, 4.69) is 38.0 Å². The summed E-state index contributed by atoms with van der Waals surface area (Å²) in [6.07, 6.45) is 4.50. The van der Waals surface area contributed by atoms with E-state index in [1.807, 2.05) is 87.5 Å². The molecule has 0 spiro atoms. The van der Waals surface area contributed by atoms with E-state index in [1.54, 1.807) is 53.5 Å². The van der Waals surface area contributed by atoms with E-state index in [4.69, 9.17) is 4.74 Å². The summed E-state index contributed by atoms with van der Waals surface area (Å²) in [5, 5.41) is 27.8. The number of aryl methyl sites for hydroxylation is 2. The third kappa shape index (κ3) is 16.1. The Bertz CT molecular complexity index is 2700. The summed E-state index contributed by atoms with van der Waals surface area (Å²) in [5.74, 6) is -4.71. The lowest BCUT2D eigenvalue weighted by Gasteiger charge is -2.36. The molecule has 1 heterocycles. The van der Waals surface area contributed by atoms with Crippen molar-refractivity contribution in [3.8, 4) is 0 Å². The number of aliphatic carboxylic acids is 1. The highest BCUT2D eigenvalue weighted by atomic mass is 32.2. The fourth-order valence-electron chi connectivity index (χ4n) is 10.6. The Hall–Kier alpha value is -6.47. The number of hydrogen-bond donors (Lipinski definition) is 7. The molecule has 0 radical (unpaired) electrons. The summed E-state index contributed by atoms with van der Waals surface area (Å²) >= 11 is 0.938. The molecule has 19 heteroatoms. The fraction of sp³-hybridized carbons (Fsp3) is 0.567. The van der Waals surface area contributed by atoms with Crippen LogP contribution < -0.4 is 31.9 Å². The summed E-state index contributed by atoms with van der Waals surface area (Å²) in [5.41, 5.74) is 4.31. The van der Waals surface area contributed by atoms with E-state index in [9.17, 15) is 43.5 Å². The molecule has 1 fully saturated rings. The number of benzene rings is 3. The fourth-order valence-corrected chi connectivity index (χ4v) is 11.4. The van der Waals surface area contributed by atoms with Crippen LogP contribution in [0.2, 0.25) is 0 Å². The van der Waals surface area contributed by atoms with Gasteiger partial charge in [0.1, 0.15) is 35.8 Å². The molecule has 2 unspecified atom stereocenters. The van der Waals surface area contributed by atoms with Crippen molar-refractivity contribution in [2.75, 3.05) is 26.4 Å². The van der Waals surface area contributed by atoms with E-state index in [1.165, 1.54) is 19.5 Å². The second-order valence-electron chi connectivity index (χ2n) is 24.1. The lowest BCUT2D eigenvalue weighted by molar-refractivity contribution is -0.144. The number of carboxylic acid groups (broad SMARTS) is 1. The van der Waals surface area contributed by atoms with Gasteiger partial charge in [-0.15, -0.1) is 11.8 Å². The molecular weight excluding hydrogens is 1020 g/mol. The average molecular weight is 1110 g/mol. The van der Waals surface area contributed by atoms with E-state index < -0.39 is 87.6 Å². The number of ether oxygens (including phenoxy) is 1. The monoisotopic (exact) mass is 1110 g/mol. The Morgan fingerprint density at radius 1 is 0.722 bits per heavy atom. The van der Waals surface area contributed by atoms with Crippen molar-refractivity contribution in [1.29, 1.82) is 0 Å². The van der Waals surface area contributed by atoms with Crippen molar-refractivity contribution in [1.82, 2.24) is 41.7 Å². The van der Waals surface area contributed by atoms with Crippen molar-refractivity contribution >= 4 is 59.3 Å². The highest BCUT2D eigenvalue weighted by Crippen LogP contribution is 2.37. The van der Waals surface area contributed by atoms with Crippen LogP contribution in [0.3, 0.4) is 0 Å². The number of carbonyl (C=O) groups is 8. The van der Waals surface area contributed by atoms with Gasteiger partial charge in [-0.05, 0) is 139 Å². The first kappa shape index (κ1) is 61.7. The molecule has 3 aliphatic rings. The second-order valence-corrected chi connectivity index (χ2v) is 25.7. The van der Waals surface area contributed by atoms with Gasteiger partial charge in [0.25, 0.3) is 0 Å². The van der Waals surface area contributed by atoms with Gasteiger partial charge in [0, 0.05) is 30.7 Å². The van der Waals surface area contributed by atoms with E-state index in [0.29, 0.717) is 18.4 Å². The molecule has 79 heavy (non-hydrogen) atoms. The summed E-state index contributed by atoms with van der Waals surface area (Å²) in [4.78, 5) is 114. The molecule has 3 aromatic carbocycles. The normalized spacial score (nSPS) is 20.1. The summed E-state index contributed by atoms with van der Waals surface area (Å²) in [7, 11) is 3.07. The maximum absolute atomic E-state index is 14.9. The van der Waals surface area contributed by atoms with Gasteiger partial charge < -0.3 is 46.6 Å². The zero-order chi connectivity index (χ0) is 58.1. The molecular formula is C60H84N8O10S. The number of amides is 7. The molecule has 9 atom stereocenters. The molecule has 1 saturated heterocycles. The predicted molar refractivity (Wildman–Crippen MR) is 305 cm³/mol. The number of fused-ring (bicyclic) bond motifs is 2. The maximum Gasteiger partial charge on any atom is 0.410 e. The quantitative estimate of drug-likeness (QED) is 0.0663.